The minimum Gasteiger partial charge on any atom is -0.294 e. The van der Waals surface area contributed by atoms with Gasteiger partial charge in [-0.2, -0.15) is 0 Å². The van der Waals surface area contributed by atoms with Crippen molar-refractivity contribution < 1.29 is 4.79 Å². The predicted molar refractivity (Wildman–Crippen MR) is 157 cm³/mol. The molecule has 3 heteroatoms. The third kappa shape index (κ3) is 6.16. The van der Waals surface area contributed by atoms with Crippen LogP contribution in [0.15, 0.2) is 151 Å². The van der Waals surface area contributed by atoms with Crippen LogP contribution in [-0.4, -0.2) is 11.5 Å². The van der Waals surface area contributed by atoms with E-state index in [4.69, 9.17) is 16.6 Å². The van der Waals surface area contributed by atoms with Crippen LogP contribution in [0.4, 0.5) is 0 Å². The lowest BCUT2D eigenvalue weighted by molar-refractivity contribution is 0.0969. The minimum atomic E-state index is -0.305. The number of Topliss-reactive ketones (excluding diaryl/α,β-unsaturated/α-hetero) is 1. The molecule has 0 saturated heterocycles. The largest absolute Gasteiger partial charge is 0.294 e. The molecule has 0 radical (unpaired) electrons. The number of carbonyl (C=O) groups excluding carboxylic acids is 1. The van der Waals surface area contributed by atoms with E-state index in [1.54, 1.807) is 0 Å². The molecule has 0 amide bonds. The van der Waals surface area contributed by atoms with Crippen LogP contribution in [0.1, 0.15) is 51.0 Å². The summed E-state index contributed by atoms with van der Waals surface area (Å²) in [5, 5.41) is 0.663. The number of benzene rings is 5. The topological polar surface area (TPSA) is 29.4 Å². The van der Waals surface area contributed by atoms with Crippen molar-refractivity contribution in [1.29, 1.82) is 0 Å². The van der Waals surface area contributed by atoms with Crippen molar-refractivity contribution in [2.24, 2.45) is 4.99 Å². The molecule has 5 aromatic carbocycles. The number of aliphatic imine (C=N–C) groups is 1. The molecular weight excluding hydrogens is 486 g/mol. The normalized spacial score (nSPS) is 12.3. The van der Waals surface area contributed by atoms with Gasteiger partial charge in [0.05, 0.1) is 11.8 Å². The molecule has 5 rings (SSSR count). The summed E-state index contributed by atoms with van der Waals surface area (Å²) in [5.74, 6) is -0.118. The number of hydrogen-bond acceptors (Lipinski definition) is 2. The Bertz CT molecular complexity index is 1440. The molecule has 0 N–H and O–H groups in total. The van der Waals surface area contributed by atoms with Crippen LogP contribution in [0.5, 0.6) is 0 Å². The molecule has 38 heavy (non-hydrogen) atoms. The van der Waals surface area contributed by atoms with Crippen LogP contribution >= 0.6 is 11.6 Å². The van der Waals surface area contributed by atoms with Gasteiger partial charge in [-0.3, -0.25) is 9.79 Å². The number of rotatable bonds is 9. The highest BCUT2D eigenvalue weighted by Crippen LogP contribution is 2.39. The zero-order valence-corrected chi connectivity index (χ0v) is 21.7. The first kappa shape index (κ1) is 25.4. The van der Waals surface area contributed by atoms with Crippen molar-refractivity contribution in [2.75, 3.05) is 0 Å². The highest BCUT2D eigenvalue weighted by atomic mass is 35.5. The molecule has 0 aliphatic heterocycles. The van der Waals surface area contributed by atoms with Crippen LogP contribution < -0.4 is 0 Å². The minimum absolute atomic E-state index is 0.0858. The van der Waals surface area contributed by atoms with Crippen molar-refractivity contribution in [3.63, 3.8) is 0 Å². The SMILES string of the molecule is O=C(C[C@H](c1ccc(Cl)cc1)[C@H](N=C(c1ccccc1)c1ccccc1)c1ccccc1)c1ccccc1. The van der Waals surface area contributed by atoms with E-state index in [0.717, 1.165) is 28.0 Å². The second-order valence-electron chi connectivity index (χ2n) is 9.22. The number of ketones is 1. The molecule has 5 aromatic rings. The van der Waals surface area contributed by atoms with Crippen molar-refractivity contribution in [3.05, 3.63) is 178 Å². The van der Waals surface area contributed by atoms with E-state index in [1.165, 1.54) is 0 Å². The van der Waals surface area contributed by atoms with E-state index in [1.807, 2.05) is 109 Å². The van der Waals surface area contributed by atoms with Crippen LogP contribution in [0, 0.1) is 0 Å². The molecule has 186 valence electrons. The van der Waals surface area contributed by atoms with Gasteiger partial charge in [-0.05, 0) is 23.3 Å². The van der Waals surface area contributed by atoms with Crippen molar-refractivity contribution in [3.8, 4) is 0 Å². The Labute approximate surface area is 229 Å². The van der Waals surface area contributed by atoms with Crippen molar-refractivity contribution in [2.45, 2.75) is 18.4 Å². The first-order valence-electron chi connectivity index (χ1n) is 12.8. The second-order valence-corrected chi connectivity index (χ2v) is 9.65. The highest BCUT2D eigenvalue weighted by Gasteiger charge is 2.28. The fourth-order valence-corrected chi connectivity index (χ4v) is 4.88. The number of nitrogens with zero attached hydrogens (tertiary/aromatic N) is 1. The molecule has 0 heterocycles. The summed E-state index contributed by atoms with van der Waals surface area (Å²) >= 11 is 6.26. The molecular formula is C35H28ClNO. The fraction of sp³-hybridized carbons (Fsp3) is 0.0857. The Morgan fingerprint density at radius 2 is 1.00 bits per heavy atom. The third-order valence-corrected chi connectivity index (χ3v) is 6.94. The summed E-state index contributed by atoms with van der Waals surface area (Å²) < 4.78 is 0. The predicted octanol–water partition coefficient (Wildman–Crippen LogP) is 8.98. The summed E-state index contributed by atoms with van der Waals surface area (Å²) in [7, 11) is 0. The lowest BCUT2D eigenvalue weighted by Crippen LogP contribution is -2.17. The standard InChI is InChI=1S/C35H28ClNO/c36-31-23-21-26(22-24-31)32(25-33(38)27-13-5-1-6-14-27)35(30-19-11-4-12-20-30)37-34(28-15-7-2-8-16-28)29-17-9-3-10-18-29/h1-24,32,35H,25H2/t32-,35-/m1/s1. The quantitative estimate of drug-likeness (QED) is 0.143. The maximum Gasteiger partial charge on any atom is 0.163 e. The van der Waals surface area contributed by atoms with Gasteiger partial charge in [0.1, 0.15) is 0 Å². The Hall–Kier alpha value is -4.27. The lowest BCUT2D eigenvalue weighted by atomic mass is 9.82. The van der Waals surface area contributed by atoms with Gasteiger partial charge in [0.25, 0.3) is 0 Å². The van der Waals surface area contributed by atoms with Gasteiger partial charge in [0.15, 0.2) is 5.78 Å². The maximum absolute atomic E-state index is 13.6. The van der Waals surface area contributed by atoms with Crippen LogP contribution in [0.3, 0.4) is 0 Å². The first-order chi connectivity index (χ1) is 18.7. The summed E-state index contributed by atoms with van der Waals surface area (Å²) in [6, 6.07) is 47.7. The van der Waals surface area contributed by atoms with E-state index >= 15 is 0 Å². The van der Waals surface area contributed by atoms with E-state index in [0.29, 0.717) is 17.0 Å². The Kier molecular flexibility index (Phi) is 8.23. The van der Waals surface area contributed by atoms with Gasteiger partial charge in [-0.15, -0.1) is 0 Å². The van der Waals surface area contributed by atoms with Gasteiger partial charge in [0, 0.05) is 34.1 Å². The molecule has 0 spiro atoms. The molecule has 0 saturated carbocycles. The van der Waals surface area contributed by atoms with Gasteiger partial charge >= 0.3 is 0 Å². The Morgan fingerprint density at radius 1 is 0.553 bits per heavy atom. The molecule has 0 aliphatic carbocycles. The van der Waals surface area contributed by atoms with Gasteiger partial charge in [-0.1, -0.05) is 145 Å². The van der Waals surface area contributed by atoms with E-state index < -0.39 is 0 Å². The molecule has 0 unspecified atom stereocenters. The Morgan fingerprint density at radius 3 is 1.50 bits per heavy atom. The Balaban J connectivity index is 1.69. The molecule has 0 aliphatic rings. The summed E-state index contributed by atoms with van der Waals surface area (Å²) in [6.45, 7) is 0. The summed E-state index contributed by atoms with van der Waals surface area (Å²) in [4.78, 5) is 19.0. The number of halogens is 1. The number of hydrogen-bond donors (Lipinski definition) is 0. The average molecular weight is 514 g/mol. The second kappa shape index (κ2) is 12.3. The van der Waals surface area contributed by atoms with Crippen molar-refractivity contribution >= 4 is 23.1 Å². The zero-order chi connectivity index (χ0) is 26.2. The van der Waals surface area contributed by atoms with Crippen LogP contribution in [0.25, 0.3) is 0 Å². The summed E-state index contributed by atoms with van der Waals surface area (Å²) in [6.07, 6.45) is 0.311. The highest BCUT2D eigenvalue weighted by molar-refractivity contribution is 6.30. The van der Waals surface area contributed by atoms with Gasteiger partial charge in [-0.25, -0.2) is 0 Å². The average Bonchev–Trinajstić information content (AvgIpc) is 2.99. The van der Waals surface area contributed by atoms with Crippen LogP contribution in [-0.2, 0) is 0 Å². The van der Waals surface area contributed by atoms with Gasteiger partial charge < -0.3 is 0 Å². The molecule has 2 atom stereocenters. The van der Waals surface area contributed by atoms with Gasteiger partial charge in [0.2, 0.25) is 0 Å². The van der Waals surface area contributed by atoms with Crippen LogP contribution in [0.2, 0.25) is 5.02 Å². The third-order valence-electron chi connectivity index (χ3n) is 6.68. The van der Waals surface area contributed by atoms with Crippen molar-refractivity contribution in [1.82, 2.24) is 0 Å². The monoisotopic (exact) mass is 513 g/mol. The van der Waals surface area contributed by atoms with E-state index in [-0.39, 0.29) is 17.7 Å². The number of carbonyl (C=O) groups is 1. The zero-order valence-electron chi connectivity index (χ0n) is 21.0. The molecule has 0 fully saturated rings. The summed E-state index contributed by atoms with van der Waals surface area (Å²) in [5.41, 5.74) is 5.74. The van der Waals surface area contributed by atoms with E-state index in [9.17, 15) is 4.79 Å². The fourth-order valence-electron chi connectivity index (χ4n) is 4.76. The first-order valence-corrected chi connectivity index (χ1v) is 13.1. The molecule has 0 aromatic heterocycles. The smallest absolute Gasteiger partial charge is 0.163 e. The molecule has 0 bridgehead atoms. The van der Waals surface area contributed by atoms with E-state index in [2.05, 4.69) is 36.4 Å². The lowest BCUT2D eigenvalue weighted by Gasteiger charge is -2.26. The molecule has 2 nitrogen and oxygen atoms in total. The maximum atomic E-state index is 13.6.